The van der Waals surface area contributed by atoms with Crippen molar-refractivity contribution >= 4 is 5.97 Å². The van der Waals surface area contributed by atoms with Gasteiger partial charge in [-0.25, -0.2) is 4.79 Å². The molecule has 6 heteroatoms. The molecule has 0 aromatic carbocycles. The smallest absolute Gasteiger partial charge is 0.329 e. The molecular weight excluding hydrogens is 318 g/mol. The summed E-state index contributed by atoms with van der Waals surface area (Å²) < 4.78 is 13.0. The molecule has 3 heterocycles. The number of aromatic nitrogens is 1. The molecule has 2 saturated heterocycles. The van der Waals surface area contributed by atoms with E-state index in [1.807, 2.05) is 6.92 Å². The monoisotopic (exact) mass is 349 g/mol. The highest BCUT2D eigenvalue weighted by Crippen LogP contribution is 2.27. The highest BCUT2D eigenvalue weighted by molar-refractivity contribution is 5.77. The fourth-order valence-electron chi connectivity index (χ4n) is 3.85. The van der Waals surface area contributed by atoms with E-state index < -0.39 is 0 Å². The van der Waals surface area contributed by atoms with Gasteiger partial charge in [0.15, 0.2) is 0 Å². The minimum Gasteiger partial charge on any atom is -0.465 e. The van der Waals surface area contributed by atoms with Gasteiger partial charge in [0, 0.05) is 38.1 Å². The summed E-state index contributed by atoms with van der Waals surface area (Å²) in [6.45, 7) is 8.67. The average molecular weight is 349 g/mol. The van der Waals surface area contributed by atoms with E-state index in [2.05, 4.69) is 33.5 Å². The second kappa shape index (κ2) is 8.83. The van der Waals surface area contributed by atoms with Crippen LogP contribution in [0, 0.1) is 0 Å². The molecule has 1 aromatic rings. The third-order valence-corrected chi connectivity index (χ3v) is 5.30. The number of esters is 1. The van der Waals surface area contributed by atoms with Gasteiger partial charge in [-0.1, -0.05) is 6.42 Å². The molecule has 0 aliphatic carbocycles. The van der Waals surface area contributed by atoms with Gasteiger partial charge in [0.05, 0.1) is 19.8 Å². The van der Waals surface area contributed by atoms with E-state index in [1.54, 1.807) is 0 Å². The molecule has 0 spiro atoms. The summed E-state index contributed by atoms with van der Waals surface area (Å²) in [7, 11) is 2.07. The van der Waals surface area contributed by atoms with Gasteiger partial charge in [-0.05, 0) is 45.0 Å². The van der Waals surface area contributed by atoms with E-state index in [0.717, 1.165) is 64.5 Å². The molecule has 140 valence electrons. The van der Waals surface area contributed by atoms with Crippen molar-refractivity contribution < 1.29 is 14.3 Å². The number of morpholine rings is 1. The van der Waals surface area contributed by atoms with Crippen molar-refractivity contribution in [2.75, 3.05) is 46.0 Å². The van der Waals surface area contributed by atoms with E-state index in [1.165, 1.54) is 12.1 Å². The lowest BCUT2D eigenvalue weighted by atomic mass is 10.1. The fraction of sp³-hybridized carbons (Fsp3) is 0.737. The lowest BCUT2D eigenvalue weighted by molar-refractivity contribution is -0.150. The normalized spacial score (nSPS) is 21.2. The summed E-state index contributed by atoms with van der Waals surface area (Å²) in [5.41, 5.74) is 2.28. The van der Waals surface area contributed by atoms with Crippen molar-refractivity contribution in [2.45, 2.75) is 38.8 Å². The minimum absolute atomic E-state index is 0.122. The molecule has 1 atom stereocenters. The number of nitrogens with zero attached hydrogens (tertiary/aromatic N) is 3. The van der Waals surface area contributed by atoms with Crippen molar-refractivity contribution in [1.82, 2.24) is 14.4 Å². The lowest BCUT2D eigenvalue weighted by Gasteiger charge is -2.33. The number of carbonyl (C=O) groups is 1. The topological polar surface area (TPSA) is 46.9 Å². The summed E-state index contributed by atoms with van der Waals surface area (Å²) >= 11 is 0. The highest BCUT2D eigenvalue weighted by Gasteiger charge is 2.32. The van der Waals surface area contributed by atoms with Crippen LogP contribution in [0.5, 0.6) is 0 Å². The molecule has 2 aliphatic heterocycles. The van der Waals surface area contributed by atoms with Gasteiger partial charge in [0.1, 0.15) is 6.04 Å². The van der Waals surface area contributed by atoms with E-state index >= 15 is 0 Å². The first-order valence-electron chi connectivity index (χ1n) is 9.56. The summed E-state index contributed by atoms with van der Waals surface area (Å²) in [5.74, 6) is -0.122. The van der Waals surface area contributed by atoms with Crippen LogP contribution < -0.4 is 0 Å². The van der Waals surface area contributed by atoms with Crippen LogP contribution in [0.4, 0.5) is 0 Å². The van der Waals surface area contributed by atoms with Gasteiger partial charge in [0.25, 0.3) is 0 Å². The van der Waals surface area contributed by atoms with Gasteiger partial charge >= 0.3 is 5.97 Å². The summed E-state index contributed by atoms with van der Waals surface area (Å²) in [6, 6.07) is 3.97. The zero-order chi connectivity index (χ0) is 17.6. The number of likely N-dealkylation sites (tertiary alicyclic amines) is 1. The number of ether oxygens (including phenoxy) is 2. The molecule has 1 unspecified atom stereocenters. The molecule has 0 saturated carbocycles. The second-order valence-corrected chi connectivity index (χ2v) is 6.95. The number of hydrogen-bond acceptors (Lipinski definition) is 5. The Kier molecular flexibility index (Phi) is 6.51. The Labute approximate surface area is 150 Å². The third-order valence-electron chi connectivity index (χ3n) is 5.30. The Morgan fingerprint density at radius 3 is 2.56 bits per heavy atom. The van der Waals surface area contributed by atoms with Crippen LogP contribution in [0.25, 0.3) is 0 Å². The van der Waals surface area contributed by atoms with Crippen molar-refractivity contribution in [1.29, 1.82) is 0 Å². The standard InChI is InChI=1S/C19H31N3O3/c1-3-25-19(23)18(22-9-5-4-6-10-22)17-8-7-16(20(17)2)15-21-11-13-24-14-12-21/h7-8,18H,3-6,9-15H2,1-2H3. The predicted molar refractivity (Wildman–Crippen MR) is 96.3 cm³/mol. The molecule has 6 nitrogen and oxygen atoms in total. The molecule has 3 rings (SSSR count). The largest absolute Gasteiger partial charge is 0.465 e. The number of piperidine rings is 1. The van der Waals surface area contributed by atoms with Crippen LogP contribution in [0.1, 0.15) is 43.6 Å². The maximum absolute atomic E-state index is 12.7. The van der Waals surface area contributed by atoms with E-state index in [0.29, 0.717) is 6.61 Å². The summed E-state index contributed by atoms with van der Waals surface area (Å²) in [6.07, 6.45) is 3.56. The number of rotatable bonds is 6. The Bertz CT molecular complexity index is 560. The fourth-order valence-corrected chi connectivity index (χ4v) is 3.85. The Hall–Kier alpha value is -1.37. The predicted octanol–water partition coefficient (Wildman–Crippen LogP) is 1.95. The molecule has 2 aliphatic rings. The van der Waals surface area contributed by atoms with Gasteiger partial charge in [-0.2, -0.15) is 0 Å². The van der Waals surface area contributed by atoms with Crippen LogP contribution in [-0.4, -0.2) is 66.3 Å². The molecule has 25 heavy (non-hydrogen) atoms. The molecule has 0 radical (unpaired) electrons. The molecule has 1 aromatic heterocycles. The molecule has 0 amide bonds. The molecule has 0 bridgehead atoms. The first-order chi connectivity index (χ1) is 12.2. The Morgan fingerprint density at radius 2 is 1.88 bits per heavy atom. The Morgan fingerprint density at radius 1 is 1.16 bits per heavy atom. The van der Waals surface area contributed by atoms with Crippen LogP contribution >= 0.6 is 0 Å². The quantitative estimate of drug-likeness (QED) is 0.735. The van der Waals surface area contributed by atoms with E-state index in [9.17, 15) is 4.79 Å². The maximum Gasteiger partial charge on any atom is 0.329 e. The number of carbonyl (C=O) groups excluding carboxylic acids is 1. The minimum atomic E-state index is -0.288. The van der Waals surface area contributed by atoms with E-state index in [-0.39, 0.29) is 12.0 Å². The molecule has 2 fully saturated rings. The highest BCUT2D eigenvalue weighted by atomic mass is 16.5. The second-order valence-electron chi connectivity index (χ2n) is 6.95. The average Bonchev–Trinajstić information content (AvgIpc) is 2.98. The third kappa shape index (κ3) is 4.43. The van der Waals surface area contributed by atoms with Crippen molar-refractivity contribution in [3.63, 3.8) is 0 Å². The van der Waals surface area contributed by atoms with Gasteiger partial charge < -0.3 is 14.0 Å². The first kappa shape index (κ1) is 18.4. The molecule has 0 N–H and O–H groups in total. The van der Waals surface area contributed by atoms with Crippen molar-refractivity contribution in [3.8, 4) is 0 Å². The van der Waals surface area contributed by atoms with Crippen LogP contribution in [0.3, 0.4) is 0 Å². The number of hydrogen-bond donors (Lipinski definition) is 0. The summed E-state index contributed by atoms with van der Waals surface area (Å²) in [4.78, 5) is 17.4. The van der Waals surface area contributed by atoms with E-state index in [4.69, 9.17) is 9.47 Å². The summed E-state index contributed by atoms with van der Waals surface area (Å²) in [5, 5.41) is 0. The van der Waals surface area contributed by atoms with Crippen LogP contribution in [0.15, 0.2) is 12.1 Å². The van der Waals surface area contributed by atoms with Crippen LogP contribution in [-0.2, 0) is 27.9 Å². The zero-order valence-corrected chi connectivity index (χ0v) is 15.6. The Balaban J connectivity index is 1.78. The lowest BCUT2D eigenvalue weighted by Crippen LogP contribution is -2.40. The van der Waals surface area contributed by atoms with Crippen LogP contribution in [0.2, 0.25) is 0 Å². The van der Waals surface area contributed by atoms with Crippen molar-refractivity contribution in [3.05, 3.63) is 23.5 Å². The first-order valence-corrected chi connectivity index (χ1v) is 9.56. The van der Waals surface area contributed by atoms with Gasteiger partial charge in [0.2, 0.25) is 0 Å². The zero-order valence-electron chi connectivity index (χ0n) is 15.6. The maximum atomic E-state index is 12.7. The molecular formula is C19H31N3O3. The SMILES string of the molecule is CCOC(=O)C(c1ccc(CN2CCOCC2)n1C)N1CCCCC1. The van der Waals surface area contributed by atoms with Crippen molar-refractivity contribution in [2.24, 2.45) is 7.05 Å². The van der Waals surface area contributed by atoms with Gasteiger partial charge in [-0.15, -0.1) is 0 Å². The van der Waals surface area contributed by atoms with Gasteiger partial charge in [-0.3, -0.25) is 9.80 Å².